The van der Waals surface area contributed by atoms with E-state index in [1.54, 1.807) is 0 Å². The van der Waals surface area contributed by atoms with Crippen LogP contribution in [0.15, 0.2) is 29.2 Å². The van der Waals surface area contributed by atoms with Crippen LogP contribution in [0, 0.1) is 5.41 Å². The zero-order valence-electron chi connectivity index (χ0n) is 11.1. The quantitative estimate of drug-likeness (QED) is 0.783. The van der Waals surface area contributed by atoms with Crippen LogP contribution in [-0.2, 0) is 0 Å². The highest BCUT2D eigenvalue weighted by atomic mass is 32.1. The molecular formula is C15H21NOS. The number of rotatable bonds is 2. The predicted molar refractivity (Wildman–Crippen MR) is 77.2 cm³/mol. The molecule has 0 unspecified atom stereocenters. The van der Waals surface area contributed by atoms with Crippen molar-refractivity contribution < 1.29 is 4.79 Å². The SMILES string of the molecule is CC1(C)CCC(NC(=O)c2ccccc2S)CC1. The van der Waals surface area contributed by atoms with E-state index >= 15 is 0 Å². The summed E-state index contributed by atoms with van der Waals surface area (Å²) in [5.74, 6) is 0.00491. The van der Waals surface area contributed by atoms with Gasteiger partial charge in [-0.25, -0.2) is 0 Å². The van der Waals surface area contributed by atoms with E-state index in [0.29, 0.717) is 17.0 Å². The normalized spacial score (nSPS) is 19.5. The fourth-order valence-corrected chi connectivity index (χ4v) is 2.73. The lowest BCUT2D eigenvalue weighted by Gasteiger charge is -2.34. The molecule has 1 fully saturated rings. The van der Waals surface area contributed by atoms with Crippen molar-refractivity contribution in [2.45, 2.75) is 50.5 Å². The molecule has 1 aliphatic carbocycles. The van der Waals surface area contributed by atoms with Gasteiger partial charge in [0.25, 0.3) is 5.91 Å². The molecule has 3 heteroatoms. The van der Waals surface area contributed by atoms with Crippen LogP contribution in [0.3, 0.4) is 0 Å². The largest absolute Gasteiger partial charge is 0.349 e. The van der Waals surface area contributed by atoms with Gasteiger partial charge in [0.15, 0.2) is 0 Å². The van der Waals surface area contributed by atoms with E-state index in [1.165, 1.54) is 12.8 Å². The summed E-state index contributed by atoms with van der Waals surface area (Å²) < 4.78 is 0. The Morgan fingerprint density at radius 2 is 1.89 bits per heavy atom. The second kappa shape index (κ2) is 5.35. The third kappa shape index (κ3) is 3.29. The highest BCUT2D eigenvalue weighted by Crippen LogP contribution is 2.35. The van der Waals surface area contributed by atoms with Crippen molar-refractivity contribution in [3.8, 4) is 0 Å². The molecule has 0 aliphatic heterocycles. The molecule has 2 nitrogen and oxygen atoms in total. The summed E-state index contributed by atoms with van der Waals surface area (Å²) in [7, 11) is 0. The Morgan fingerprint density at radius 3 is 2.50 bits per heavy atom. The molecule has 0 spiro atoms. The van der Waals surface area contributed by atoms with Crippen molar-refractivity contribution in [3.05, 3.63) is 29.8 Å². The lowest BCUT2D eigenvalue weighted by atomic mass is 9.75. The maximum atomic E-state index is 12.1. The minimum atomic E-state index is 0.00491. The van der Waals surface area contributed by atoms with Crippen molar-refractivity contribution in [2.75, 3.05) is 0 Å². The van der Waals surface area contributed by atoms with E-state index in [-0.39, 0.29) is 5.91 Å². The minimum absolute atomic E-state index is 0.00491. The third-order valence-corrected chi connectivity index (χ3v) is 4.21. The van der Waals surface area contributed by atoms with Gasteiger partial charge >= 0.3 is 0 Å². The van der Waals surface area contributed by atoms with E-state index in [0.717, 1.165) is 17.7 Å². The molecule has 1 aromatic carbocycles. The van der Waals surface area contributed by atoms with E-state index in [4.69, 9.17) is 0 Å². The minimum Gasteiger partial charge on any atom is -0.349 e. The third-order valence-electron chi connectivity index (χ3n) is 3.82. The van der Waals surface area contributed by atoms with Crippen LogP contribution >= 0.6 is 12.6 Å². The van der Waals surface area contributed by atoms with E-state index in [2.05, 4.69) is 31.8 Å². The fraction of sp³-hybridized carbons (Fsp3) is 0.533. The Bertz CT molecular complexity index is 432. The van der Waals surface area contributed by atoms with Crippen LogP contribution in [0.25, 0.3) is 0 Å². The highest BCUT2D eigenvalue weighted by molar-refractivity contribution is 7.80. The molecule has 98 valence electrons. The van der Waals surface area contributed by atoms with Gasteiger partial charge in [-0.05, 0) is 43.2 Å². The first kappa shape index (κ1) is 13.5. The van der Waals surface area contributed by atoms with Gasteiger partial charge in [-0.15, -0.1) is 12.6 Å². The Morgan fingerprint density at radius 1 is 1.28 bits per heavy atom. The Balaban J connectivity index is 1.95. The van der Waals surface area contributed by atoms with Crippen LogP contribution in [0.1, 0.15) is 49.9 Å². The molecule has 1 saturated carbocycles. The Kier molecular flexibility index (Phi) is 4.00. The molecule has 0 heterocycles. The summed E-state index contributed by atoms with van der Waals surface area (Å²) in [5.41, 5.74) is 1.11. The smallest absolute Gasteiger partial charge is 0.252 e. The average molecular weight is 263 g/mol. The van der Waals surface area contributed by atoms with Crippen molar-refractivity contribution in [1.82, 2.24) is 5.32 Å². The molecule has 1 aromatic rings. The van der Waals surface area contributed by atoms with Crippen molar-refractivity contribution in [3.63, 3.8) is 0 Å². The van der Waals surface area contributed by atoms with E-state index < -0.39 is 0 Å². The number of thiol groups is 1. The molecule has 1 amide bonds. The molecule has 1 N–H and O–H groups in total. The monoisotopic (exact) mass is 263 g/mol. The summed E-state index contributed by atoms with van der Waals surface area (Å²) >= 11 is 4.32. The zero-order chi connectivity index (χ0) is 13.2. The average Bonchev–Trinajstić information content (AvgIpc) is 2.32. The number of hydrogen-bond acceptors (Lipinski definition) is 2. The zero-order valence-corrected chi connectivity index (χ0v) is 12.0. The first-order valence-corrected chi connectivity index (χ1v) is 7.01. The summed E-state index contributed by atoms with van der Waals surface area (Å²) in [6, 6.07) is 7.76. The molecule has 18 heavy (non-hydrogen) atoms. The summed E-state index contributed by atoms with van der Waals surface area (Å²) in [6.45, 7) is 4.60. The molecule has 0 atom stereocenters. The number of nitrogens with one attached hydrogen (secondary N) is 1. The van der Waals surface area contributed by atoms with E-state index in [9.17, 15) is 4.79 Å². The standard InChI is InChI=1S/C15H21NOS/c1-15(2)9-7-11(8-10-15)16-14(17)12-5-3-4-6-13(12)18/h3-6,11,18H,7-10H2,1-2H3,(H,16,17). The molecule has 1 aliphatic rings. The van der Waals surface area contributed by atoms with Gasteiger partial charge < -0.3 is 5.32 Å². The maximum absolute atomic E-state index is 12.1. The Labute approximate surface area is 115 Å². The number of amides is 1. The highest BCUT2D eigenvalue weighted by Gasteiger charge is 2.27. The van der Waals surface area contributed by atoms with Crippen LogP contribution in [0.5, 0.6) is 0 Å². The lowest BCUT2D eigenvalue weighted by molar-refractivity contribution is 0.0906. The summed E-state index contributed by atoms with van der Waals surface area (Å²) in [5, 5.41) is 3.13. The molecular weight excluding hydrogens is 242 g/mol. The summed E-state index contributed by atoms with van der Waals surface area (Å²) in [4.78, 5) is 12.9. The number of carbonyl (C=O) groups is 1. The molecule has 0 aromatic heterocycles. The number of hydrogen-bond donors (Lipinski definition) is 2. The fourth-order valence-electron chi connectivity index (χ4n) is 2.47. The number of benzene rings is 1. The second-order valence-corrected chi connectivity index (χ2v) is 6.41. The van der Waals surface area contributed by atoms with Gasteiger partial charge in [0.1, 0.15) is 0 Å². The van der Waals surface area contributed by atoms with Gasteiger partial charge in [0.2, 0.25) is 0 Å². The number of carbonyl (C=O) groups excluding carboxylic acids is 1. The lowest BCUT2D eigenvalue weighted by Crippen LogP contribution is -2.39. The predicted octanol–water partition coefficient (Wildman–Crippen LogP) is 3.67. The van der Waals surface area contributed by atoms with Crippen LogP contribution in [0.4, 0.5) is 0 Å². The van der Waals surface area contributed by atoms with Crippen molar-refractivity contribution in [1.29, 1.82) is 0 Å². The topological polar surface area (TPSA) is 29.1 Å². The van der Waals surface area contributed by atoms with Crippen LogP contribution in [-0.4, -0.2) is 11.9 Å². The molecule has 0 radical (unpaired) electrons. The molecule has 0 bridgehead atoms. The van der Waals surface area contributed by atoms with Gasteiger partial charge in [-0.3, -0.25) is 4.79 Å². The van der Waals surface area contributed by atoms with Gasteiger partial charge in [0.05, 0.1) is 5.56 Å². The van der Waals surface area contributed by atoms with E-state index in [1.807, 2.05) is 24.3 Å². The van der Waals surface area contributed by atoms with Crippen LogP contribution in [0.2, 0.25) is 0 Å². The van der Waals surface area contributed by atoms with Crippen molar-refractivity contribution in [2.24, 2.45) is 5.41 Å². The second-order valence-electron chi connectivity index (χ2n) is 5.93. The van der Waals surface area contributed by atoms with Crippen molar-refractivity contribution >= 4 is 18.5 Å². The summed E-state index contributed by atoms with van der Waals surface area (Å²) in [6.07, 6.45) is 4.52. The van der Waals surface area contributed by atoms with Gasteiger partial charge in [-0.2, -0.15) is 0 Å². The maximum Gasteiger partial charge on any atom is 0.252 e. The molecule has 0 saturated heterocycles. The first-order valence-electron chi connectivity index (χ1n) is 6.57. The first-order chi connectivity index (χ1) is 8.48. The van der Waals surface area contributed by atoms with Gasteiger partial charge in [-0.1, -0.05) is 26.0 Å². The molecule has 2 rings (SSSR count). The Hall–Kier alpha value is -0.960. The van der Waals surface area contributed by atoms with Crippen LogP contribution < -0.4 is 5.32 Å². The van der Waals surface area contributed by atoms with Gasteiger partial charge in [0, 0.05) is 10.9 Å².